The second-order valence-corrected chi connectivity index (χ2v) is 18.8. The van der Waals surface area contributed by atoms with Crippen LogP contribution in [-0.4, -0.2) is 16.2 Å². The summed E-state index contributed by atoms with van der Waals surface area (Å²) in [5, 5.41) is 20.4. The SMILES string of the molecule is c1ccc2cc(C3=NC(c4c(-n5c6cc7ccccc7cc6c6cc7ccccc7cc65)ccc5c4sc4c6ccccc6ccc54)=NC(c4ccc5c(c4)oc4ccccc45)N3)ccc2c1. The average molecular weight is 873 g/mol. The zero-order chi connectivity index (χ0) is 43.7. The molecule has 1 N–H and O–H groups in total. The lowest BCUT2D eigenvalue weighted by molar-refractivity contribution is 0.655. The number of nitrogens with zero attached hydrogens (tertiary/aromatic N) is 3. The van der Waals surface area contributed by atoms with Gasteiger partial charge in [0.2, 0.25) is 0 Å². The van der Waals surface area contributed by atoms with Crippen LogP contribution in [0.1, 0.15) is 22.9 Å². The van der Waals surface area contributed by atoms with Crippen LogP contribution in [0.3, 0.4) is 0 Å². The number of nitrogens with one attached hydrogen (secondary N) is 1. The number of para-hydroxylation sites is 1. The smallest absolute Gasteiger partial charge is 0.162 e. The lowest BCUT2D eigenvalue weighted by atomic mass is 10.0. The average Bonchev–Trinajstić information content (AvgIpc) is 4.05. The van der Waals surface area contributed by atoms with E-state index in [-0.39, 0.29) is 0 Å². The predicted molar refractivity (Wildman–Crippen MR) is 283 cm³/mol. The van der Waals surface area contributed by atoms with Crippen molar-refractivity contribution in [1.29, 1.82) is 0 Å². The quantitative estimate of drug-likeness (QED) is 0.192. The predicted octanol–water partition coefficient (Wildman–Crippen LogP) is 16.2. The molecule has 0 amide bonds. The maximum atomic E-state index is 6.48. The minimum absolute atomic E-state index is 0.476. The Morgan fingerprint density at radius 2 is 1.00 bits per heavy atom. The number of thiophene rings is 1. The molecule has 1 aliphatic heterocycles. The molecule has 1 atom stereocenters. The van der Waals surface area contributed by atoms with Crippen LogP contribution in [0.2, 0.25) is 0 Å². The molecule has 0 saturated carbocycles. The molecule has 3 aromatic heterocycles. The Kier molecular flexibility index (Phi) is 7.65. The zero-order valence-corrected chi connectivity index (χ0v) is 36.7. The van der Waals surface area contributed by atoms with Gasteiger partial charge in [0.05, 0.1) is 22.3 Å². The Bertz CT molecular complexity index is 4420. The summed E-state index contributed by atoms with van der Waals surface area (Å²) in [5.41, 5.74) is 7.98. The fraction of sp³-hybridized carbons (Fsp3) is 0.0164. The monoisotopic (exact) mass is 872 g/mol. The van der Waals surface area contributed by atoms with Gasteiger partial charge in [0, 0.05) is 52.8 Å². The zero-order valence-electron chi connectivity index (χ0n) is 35.9. The van der Waals surface area contributed by atoms with Crippen LogP contribution in [0.15, 0.2) is 221 Å². The highest BCUT2D eigenvalue weighted by Gasteiger charge is 2.28. The molecule has 6 heteroatoms. The fourth-order valence-electron chi connectivity index (χ4n) is 10.7. The van der Waals surface area contributed by atoms with E-state index in [2.05, 4.69) is 204 Å². The largest absolute Gasteiger partial charge is 0.456 e. The van der Waals surface area contributed by atoms with Gasteiger partial charge in [-0.15, -0.1) is 11.3 Å². The molecule has 11 aromatic carbocycles. The number of aliphatic imine (C=N–C) groups is 2. The van der Waals surface area contributed by atoms with Crippen molar-refractivity contribution >= 4 is 130 Å². The minimum atomic E-state index is -0.476. The van der Waals surface area contributed by atoms with Crippen molar-refractivity contribution < 1.29 is 4.42 Å². The molecule has 0 spiro atoms. The van der Waals surface area contributed by atoms with E-state index in [1.165, 1.54) is 63.9 Å². The molecule has 0 fully saturated rings. The lowest BCUT2D eigenvalue weighted by Crippen LogP contribution is -2.33. The highest BCUT2D eigenvalue weighted by Crippen LogP contribution is 2.45. The summed E-state index contributed by atoms with van der Waals surface area (Å²) < 4.78 is 11.4. The maximum absolute atomic E-state index is 6.48. The molecule has 5 nitrogen and oxygen atoms in total. The third kappa shape index (κ3) is 5.54. The van der Waals surface area contributed by atoms with Crippen LogP contribution >= 0.6 is 11.3 Å². The van der Waals surface area contributed by atoms with E-state index in [0.29, 0.717) is 5.84 Å². The summed E-state index contributed by atoms with van der Waals surface area (Å²) in [4.78, 5) is 11.3. The van der Waals surface area contributed by atoms with Gasteiger partial charge >= 0.3 is 0 Å². The number of hydrogen-bond acceptors (Lipinski definition) is 5. The first-order valence-corrected chi connectivity index (χ1v) is 23.6. The summed E-state index contributed by atoms with van der Waals surface area (Å²) in [6.45, 7) is 0. The molecule has 67 heavy (non-hydrogen) atoms. The maximum Gasteiger partial charge on any atom is 0.162 e. The van der Waals surface area contributed by atoms with E-state index in [0.717, 1.165) is 71.3 Å². The van der Waals surface area contributed by atoms with Crippen LogP contribution in [-0.2, 0) is 0 Å². The van der Waals surface area contributed by atoms with Gasteiger partial charge in [0.15, 0.2) is 5.84 Å². The van der Waals surface area contributed by atoms with E-state index in [1.807, 2.05) is 23.5 Å². The van der Waals surface area contributed by atoms with E-state index < -0.39 is 6.17 Å². The number of aromatic nitrogens is 1. The third-order valence-corrected chi connectivity index (χ3v) is 15.2. The van der Waals surface area contributed by atoms with Gasteiger partial charge in [-0.05, 0) is 91.6 Å². The van der Waals surface area contributed by atoms with Crippen molar-refractivity contribution in [3.8, 4) is 5.69 Å². The summed E-state index contributed by atoms with van der Waals surface area (Å²) in [5.74, 6) is 1.43. The van der Waals surface area contributed by atoms with Gasteiger partial charge in [-0.2, -0.15) is 0 Å². The Morgan fingerprint density at radius 1 is 0.433 bits per heavy atom. The highest BCUT2D eigenvalue weighted by molar-refractivity contribution is 7.27. The van der Waals surface area contributed by atoms with Crippen molar-refractivity contribution in [2.75, 3.05) is 0 Å². The molecule has 0 saturated heterocycles. The fourth-order valence-corrected chi connectivity index (χ4v) is 12.1. The molecule has 0 bridgehead atoms. The molecular weight excluding hydrogens is 837 g/mol. The van der Waals surface area contributed by atoms with Crippen LogP contribution in [0.25, 0.3) is 113 Å². The number of fused-ring (bicyclic) bond motifs is 14. The second kappa shape index (κ2) is 14.0. The Morgan fingerprint density at radius 3 is 1.75 bits per heavy atom. The Balaban J connectivity index is 1.07. The number of amidine groups is 2. The van der Waals surface area contributed by atoms with Crippen LogP contribution in [0.4, 0.5) is 0 Å². The van der Waals surface area contributed by atoms with Crippen LogP contribution in [0.5, 0.6) is 0 Å². The van der Waals surface area contributed by atoms with Crippen molar-refractivity contribution in [2.24, 2.45) is 9.98 Å². The molecular formula is C61H36N4OS. The van der Waals surface area contributed by atoms with Crippen molar-refractivity contribution in [3.05, 3.63) is 223 Å². The standard InChI is InChI=1S/C61H36N4OS/c1-2-13-37-29-42(22-21-35(37)11-1)59-62-60(43-24-25-46-45-19-9-10-20-54(45)66-55(46)34-43)64-61(63-59)56-51(28-27-48-47-26-23-36-12-7-8-18-44(36)57(47)67-58(48)56)65-52-32-40-16-5-3-14-38(40)30-49(52)50-31-39-15-4-6-17-41(39)33-53(50)65/h1-34,60H,(H,62,63,64). The number of rotatable bonds is 4. The van der Waals surface area contributed by atoms with Gasteiger partial charge in [-0.25, -0.2) is 9.98 Å². The molecule has 15 rings (SSSR count). The minimum Gasteiger partial charge on any atom is -0.456 e. The van der Waals surface area contributed by atoms with Gasteiger partial charge < -0.3 is 14.3 Å². The topological polar surface area (TPSA) is 54.8 Å². The van der Waals surface area contributed by atoms with Gasteiger partial charge in [-0.1, -0.05) is 158 Å². The summed E-state index contributed by atoms with van der Waals surface area (Å²) in [6, 6.07) is 74.6. The Hall–Kier alpha value is -8.58. The highest BCUT2D eigenvalue weighted by atomic mass is 32.1. The summed E-state index contributed by atoms with van der Waals surface area (Å²) in [6.07, 6.45) is -0.476. The van der Waals surface area contributed by atoms with Crippen LogP contribution in [0, 0.1) is 0 Å². The molecule has 312 valence electrons. The van der Waals surface area contributed by atoms with E-state index in [1.54, 1.807) is 0 Å². The normalized spacial score (nSPS) is 14.4. The summed E-state index contributed by atoms with van der Waals surface area (Å²) >= 11 is 1.84. The van der Waals surface area contributed by atoms with Crippen molar-refractivity contribution in [2.45, 2.75) is 6.17 Å². The van der Waals surface area contributed by atoms with E-state index in [4.69, 9.17) is 14.4 Å². The molecule has 0 radical (unpaired) electrons. The third-order valence-electron chi connectivity index (χ3n) is 14.0. The number of hydrogen-bond donors (Lipinski definition) is 1. The first kappa shape index (κ1) is 36.7. The Labute approximate surface area is 387 Å². The molecule has 1 aliphatic rings. The molecule has 4 heterocycles. The van der Waals surface area contributed by atoms with Crippen LogP contribution < -0.4 is 5.32 Å². The molecule has 1 unspecified atom stereocenters. The molecule has 14 aromatic rings. The van der Waals surface area contributed by atoms with E-state index in [9.17, 15) is 0 Å². The van der Waals surface area contributed by atoms with Gasteiger partial charge in [0.1, 0.15) is 23.2 Å². The van der Waals surface area contributed by atoms with Crippen molar-refractivity contribution in [3.63, 3.8) is 0 Å². The van der Waals surface area contributed by atoms with Gasteiger partial charge in [-0.3, -0.25) is 0 Å². The van der Waals surface area contributed by atoms with E-state index >= 15 is 0 Å². The summed E-state index contributed by atoms with van der Waals surface area (Å²) in [7, 11) is 0. The van der Waals surface area contributed by atoms with Gasteiger partial charge in [0.25, 0.3) is 0 Å². The van der Waals surface area contributed by atoms with Crippen molar-refractivity contribution in [1.82, 2.24) is 9.88 Å². The number of benzene rings is 11. The number of furan rings is 1. The molecule has 0 aliphatic carbocycles. The lowest BCUT2D eigenvalue weighted by Gasteiger charge is -2.25. The first-order chi connectivity index (χ1) is 33.2. The second-order valence-electron chi connectivity index (χ2n) is 17.7. The first-order valence-electron chi connectivity index (χ1n) is 22.7.